The van der Waals surface area contributed by atoms with Gasteiger partial charge in [-0.05, 0) is 31.2 Å². The summed E-state index contributed by atoms with van der Waals surface area (Å²) in [5.74, 6) is 1.38. The first kappa shape index (κ1) is 16.4. The minimum absolute atomic E-state index is 0.220. The Morgan fingerprint density at radius 1 is 1.45 bits per heavy atom. The molecule has 0 radical (unpaired) electrons. The maximum Gasteiger partial charge on any atom is 0.324 e. The van der Waals surface area contributed by atoms with E-state index in [4.69, 9.17) is 14.7 Å². The summed E-state index contributed by atoms with van der Waals surface area (Å²) < 4.78 is 10.5. The number of nitrogens with zero attached hydrogens (tertiary/aromatic N) is 1. The number of unbranched alkanes of at least 4 members (excludes halogenated alkanes) is 1. The number of esters is 1. The molecule has 1 atom stereocenters. The van der Waals surface area contributed by atoms with Crippen LogP contribution in [0.3, 0.4) is 0 Å². The van der Waals surface area contributed by atoms with Crippen LogP contribution >= 0.6 is 11.8 Å². The largest absolute Gasteiger partial charge is 0.493 e. The van der Waals surface area contributed by atoms with Gasteiger partial charge in [0, 0.05) is 6.07 Å². The lowest BCUT2D eigenvalue weighted by Crippen LogP contribution is -2.20. The van der Waals surface area contributed by atoms with Gasteiger partial charge < -0.3 is 9.47 Å². The Morgan fingerprint density at radius 2 is 2.20 bits per heavy atom. The first-order valence-corrected chi connectivity index (χ1v) is 7.58. The van der Waals surface area contributed by atoms with Crippen molar-refractivity contribution in [2.45, 2.75) is 31.9 Å². The molecule has 5 heteroatoms. The first-order chi connectivity index (χ1) is 9.62. The second-order valence-corrected chi connectivity index (χ2v) is 5.71. The summed E-state index contributed by atoms with van der Waals surface area (Å²) in [6.45, 7) is 3.95. The van der Waals surface area contributed by atoms with E-state index in [-0.39, 0.29) is 11.2 Å². The van der Waals surface area contributed by atoms with Crippen molar-refractivity contribution < 1.29 is 14.3 Å². The lowest BCUT2D eigenvalue weighted by atomic mass is 10.2. The number of benzene rings is 1. The molecule has 0 aliphatic carbocycles. The van der Waals surface area contributed by atoms with E-state index in [1.165, 1.54) is 7.11 Å². The summed E-state index contributed by atoms with van der Waals surface area (Å²) in [7, 11) is 1.48. The molecule has 0 spiro atoms. The fourth-order valence-electron chi connectivity index (χ4n) is 1.49. The molecule has 0 aliphatic rings. The molecular formula is C15H19NO3S. The molecule has 1 unspecified atom stereocenters. The van der Waals surface area contributed by atoms with E-state index in [0.29, 0.717) is 17.1 Å². The van der Waals surface area contributed by atoms with Gasteiger partial charge in [-0.15, -0.1) is 11.8 Å². The average molecular weight is 293 g/mol. The molecule has 0 bridgehead atoms. The van der Waals surface area contributed by atoms with Crippen LogP contribution in [0, 0.1) is 11.3 Å². The van der Waals surface area contributed by atoms with Gasteiger partial charge in [0.2, 0.25) is 0 Å². The minimum atomic E-state index is -0.297. The Morgan fingerprint density at radius 3 is 2.80 bits per heavy atom. The predicted octanol–water partition coefficient (Wildman–Crippen LogP) is 3.39. The van der Waals surface area contributed by atoms with Crippen molar-refractivity contribution in [2.24, 2.45) is 0 Å². The molecule has 20 heavy (non-hydrogen) atoms. The number of hydrogen-bond acceptors (Lipinski definition) is 5. The first-order valence-electron chi connectivity index (χ1n) is 6.53. The fraction of sp³-hybridized carbons (Fsp3) is 0.467. The molecule has 0 aliphatic heterocycles. The second-order valence-electron chi connectivity index (χ2n) is 4.27. The fourth-order valence-corrected chi connectivity index (χ4v) is 2.48. The van der Waals surface area contributed by atoms with Crippen molar-refractivity contribution in [1.29, 1.82) is 5.26 Å². The third kappa shape index (κ3) is 4.78. The second kappa shape index (κ2) is 8.49. The molecule has 4 nitrogen and oxygen atoms in total. The van der Waals surface area contributed by atoms with E-state index in [0.717, 1.165) is 18.6 Å². The molecule has 0 saturated heterocycles. The Balaban J connectivity index is 2.68. The van der Waals surface area contributed by atoms with E-state index < -0.39 is 0 Å². The summed E-state index contributed by atoms with van der Waals surface area (Å²) in [6.07, 6.45) is 2.20. The molecule has 0 N–H and O–H groups in total. The van der Waals surface area contributed by atoms with Gasteiger partial charge in [-0.25, -0.2) is 0 Å². The van der Waals surface area contributed by atoms with Crippen molar-refractivity contribution in [2.75, 3.05) is 12.9 Å². The minimum Gasteiger partial charge on any atom is -0.493 e. The summed E-state index contributed by atoms with van der Waals surface area (Å²) in [6, 6.07) is 6.75. The number of hydrogen-bond donors (Lipinski definition) is 0. The standard InChI is InChI=1S/C15H19NO3S/c1-4-5-8-20-11(2)15(17)19-13-7-6-12(10-16)9-14(13)18-3/h6-7,9,11H,4-5,8H2,1-3H3. The van der Waals surface area contributed by atoms with Crippen molar-refractivity contribution in [1.82, 2.24) is 0 Å². The third-order valence-electron chi connectivity index (χ3n) is 2.70. The van der Waals surface area contributed by atoms with Crippen molar-refractivity contribution in [3.8, 4) is 17.6 Å². The lowest BCUT2D eigenvalue weighted by molar-refractivity contribution is -0.133. The number of thioether (sulfide) groups is 1. The van der Waals surface area contributed by atoms with E-state index in [1.54, 1.807) is 30.0 Å². The normalized spacial score (nSPS) is 11.5. The smallest absolute Gasteiger partial charge is 0.324 e. The van der Waals surface area contributed by atoms with Crippen LogP contribution in [0.2, 0.25) is 0 Å². The van der Waals surface area contributed by atoms with Gasteiger partial charge >= 0.3 is 5.97 Å². The van der Waals surface area contributed by atoms with Crippen LogP contribution in [0.15, 0.2) is 18.2 Å². The highest BCUT2D eigenvalue weighted by atomic mass is 32.2. The summed E-state index contributed by atoms with van der Waals surface area (Å²) >= 11 is 1.58. The van der Waals surface area contributed by atoms with Crippen LogP contribution in [0.1, 0.15) is 32.3 Å². The van der Waals surface area contributed by atoms with Crippen molar-refractivity contribution in [3.63, 3.8) is 0 Å². The number of methoxy groups -OCH3 is 1. The SMILES string of the molecule is CCCCSC(C)C(=O)Oc1ccc(C#N)cc1OC. The Bertz CT molecular complexity index is 496. The maximum absolute atomic E-state index is 12.0. The van der Waals surface area contributed by atoms with Gasteiger partial charge in [0.1, 0.15) is 5.25 Å². The molecular weight excluding hydrogens is 274 g/mol. The number of carbonyl (C=O) groups is 1. The highest BCUT2D eigenvalue weighted by molar-refractivity contribution is 8.00. The molecule has 0 fully saturated rings. The number of rotatable bonds is 7. The predicted molar refractivity (Wildman–Crippen MR) is 80.2 cm³/mol. The van der Waals surface area contributed by atoms with E-state index in [1.807, 2.05) is 13.0 Å². The molecule has 0 amide bonds. The highest BCUT2D eigenvalue weighted by Crippen LogP contribution is 2.29. The van der Waals surface area contributed by atoms with Gasteiger partial charge in [0.25, 0.3) is 0 Å². The zero-order valence-corrected chi connectivity index (χ0v) is 12.8. The van der Waals surface area contributed by atoms with Crippen LogP contribution in [0.5, 0.6) is 11.5 Å². The van der Waals surface area contributed by atoms with Crippen molar-refractivity contribution >= 4 is 17.7 Å². The molecule has 1 aromatic carbocycles. The maximum atomic E-state index is 12.0. The van der Waals surface area contributed by atoms with Crippen LogP contribution in [0.25, 0.3) is 0 Å². The van der Waals surface area contributed by atoms with Crippen molar-refractivity contribution in [3.05, 3.63) is 23.8 Å². The van der Waals surface area contributed by atoms with Gasteiger partial charge in [-0.3, -0.25) is 4.79 Å². The Hall–Kier alpha value is -1.67. The Kier molecular flexibility index (Phi) is 6.96. The molecule has 1 rings (SSSR count). The van der Waals surface area contributed by atoms with Gasteiger partial charge in [0.05, 0.1) is 18.7 Å². The topological polar surface area (TPSA) is 59.3 Å². The van der Waals surface area contributed by atoms with E-state index >= 15 is 0 Å². The van der Waals surface area contributed by atoms with Crippen LogP contribution in [-0.4, -0.2) is 24.1 Å². The van der Waals surface area contributed by atoms with Gasteiger partial charge in [-0.1, -0.05) is 13.3 Å². The zero-order chi connectivity index (χ0) is 15.0. The van der Waals surface area contributed by atoms with Crippen LogP contribution in [-0.2, 0) is 4.79 Å². The molecule has 1 aromatic rings. The summed E-state index contributed by atoms with van der Waals surface area (Å²) in [4.78, 5) is 12.0. The summed E-state index contributed by atoms with van der Waals surface area (Å²) in [5.41, 5.74) is 0.465. The number of nitriles is 1. The van der Waals surface area contributed by atoms with E-state index in [2.05, 4.69) is 6.92 Å². The van der Waals surface area contributed by atoms with Gasteiger partial charge in [-0.2, -0.15) is 5.26 Å². The molecule has 0 heterocycles. The highest BCUT2D eigenvalue weighted by Gasteiger charge is 2.17. The molecule has 0 aromatic heterocycles. The monoisotopic (exact) mass is 293 g/mol. The van der Waals surface area contributed by atoms with Crippen LogP contribution < -0.4 is 9.47 Å². The number of carbonyl (C=O) groups excluding carboxylic acids is 1. The quantitative estimate of drug-likeness (QED) is 0.438. The zero-order valence-electron chi connectivity index (χ0n) is 12.0. The van der Waals surface area contributed by atoms with E-state index in [9.17, 15) is 4.79 Å². The lowest BCUT2D eigenvalue weighted by Gasteiger charge is -2.13. The third-order valence-corrected chi connectivity index (χ3v) is 3.92. The van der Waals surface area contributed by atoms with Gasteiger partial charge in [0.15, 0.2) is 11.5 Å². The molecule has 108 valence electrons. The number of ether oxygens (including phenoxy) is 2. The average Bonchev–Trinajstić information content (AvgIpc) is 2.47. The van der Waals surface area contributed by atoms with Crippen LogP contribution in [0.4, 0.5) is 0 Å². The summed E-state index contributed by atoms with van der Waals surface area (Å²) in [5, 5.41) is 8.60. The molecule has 0 saturated carbocycles. The Labute approximate surface area is 124 Å².